The molecule has 0 aromatic heterocycles. The quantitative estimate of drug-likeness (QED) is 0.677. The Morgan fingerprint density at radius 3 is 2.74 bits per heavy atom. The average molecular weight is 304 g/mol. The predicted molar refractivity (Wildman–Crippen MR) is 88.8 cm³/mol. The molecule has 1 atom stereocenters. The number of carbonyl (C=O) groups is 1. The maximum absolute atomic E-state index is 12.1. The number of esters is 1. The Morgan fingerprint density at radius 2 is 1.87 bits per heavy atom. The molecular formula is C20H16O3. The van der Waals surface area contributed by atoms with E-state index in [4.69, 9.17) is 9.47 Å². The fourth-order valence-electron chi connectivity index (χ4n) is 3.20. The molecule has 0 aliphatic carbocycles. The second-order valence-electron chi connectivity index (χ2n) is 5.69. The number of benzene rings is 3. The van der Waals surface area contributed by atoms with Crippen molar-refractivity contribution in [3.05, 3.63) is 77.4 Å². The van der Waals surface area contributed by atoms with Crippen LogP contribution in [-0.2, 0) is 11.2 Å². The Labute approximate surface area is 134 Å². The van der Waals surface area contributed by atoms with Crippen LogP contribution in [0.5, 0.6) is 5.75 Å². The first-order valence-corrected chi connectivity index (χ1v) is 7.62. The molecular weight excluding hydrogens is 288 g/mol. The van der Waals surface area contributed by atoms with Crippen molar-refractivity contribution in [3.63, 3.8) is 0 Å². The van der Waals surface area contributed by atoms with Gasteiger partial charge in [-0.2, -0.15) is 0 Å². The molecule has 0 spiro atoms. The minimum atomic E-state index is -0.265. The highest BCUT2D eigenvalue weighted by molar-refractivity contribution is 5.94. The van der Waals surface area contributed by atoms with Gasteiger partial charge in [0.1, 0.15) is 11.9 Å². The topological polar surface area (TPSA) is 35.5 Å². The normalized spacial score (nSPS) is 16.2. The molecule has 4 rings (SSSR count). The van der Waals surface area contributed by atoms with Crippen molar-refractivity contribution in [3.8, 4) is 5.75 Å². The van der Waals surface area contributed by atoms with Gasteiger partial charge in [-0.05, 0) is 34.5 Å². The third-order valence-corrected chi connectivity index (χ3v) is 4.36. The molecule has 0 bridgehead atoms. The molecule has 0 amide bonds. The molecule has 1 aliphatic heterocycles. The van der Waals surface area contributed by atoms with Crippen molar-refractivity contribution in [1.82, 2.24) is 0 Å². The zero-order valence-corrected chi connectivity index (χ0v) is 12.8. The second-order valence-corrected chi connectivity index (χ2v) is 5.69. The number of ether oxygens (including phenoxy) is 2. The molecule has 3 aromatic rings. The molecule has 0 N–H and O–H groups in total. The van der Waals surface area contributed by atoms with Gasteiger partial charge in [0.25, 0.3) is 0 Å². The molecule has 0 radical (unpaired) electrons. The van der Waals surface area contributed by atoms with Crippen LogP contribution in [-0.4, -0.2) is 13.1 Å². The third kappa shape index (κ3) is 2.34. The molecule has 0 fully saturated rings. The number of methoxy groups -OCH3 is 1. The van der Waals surface area contributed by atoms with E-state index in [1.54, 1.807) is 19.2 Å². The first-order chi connectivity index (χ1) is 11.3. The van der Waals surface area contributed by atoms with E-state index in [0.29, 0.717) is 12.0 Å². The van der Waals surface area contributed by atoms with Gasteiger partial charge in [-0.1, -0.05) is 42.5 Å². The molecule has 114 valence electrons. The minimum Gasteiger partial charge on any atom is -0.497 e. The van der Waals surface area contributed by atoms with Gasteiger partial charge in [0.05, 0.1) is 12.7 Å². The van der Waals surface area contributed by atoms with Crippen molar-refractivity contribution in [2.75, 3.05) is 7.11 Å². The Hall–Kier alpha value is -2.81. The average Bonchev–Trinajstić information content (AvgIpc) is 2.90. The standard InChI is InChI=1S/C20H16O3/c1-22-15-9-10-17-18(12-15)19(23-20(17)21)11-14-7-4-6-13-5-2-3-8-16(13)14/h2-10,12,19H,11H2,1H3. The van der Waals surface area contributed by atoms with E-state index in [0.717, 1.165) is 11.3 Å². The maximum Gasteiger partial charge on any atom is 0.339 e. The van der Waals surface area contributed by atoms with Crippen LogP contribution in [0.15, 0.2) is 60.7 Å². The van der Waals surface area contributed by atoms with Gasteiger partial charge in [-0.25, -0.2) is 4.79 Å². The smallest absolute Gasteiger partial charge is 0.339 e. The van der Waals surface area contributed by atoms with Crippen LogP contribution in [0.3, 0.4) is 0 Å². The van der Waals surface area contributed by atoms with E-state index in [1.807, 2.05) is 24.3 Å². The monoisotopic (exact) mass is 304 g/mol. The molecule has 3 nitrogen and oxygen atoms in total. The molecule has 1 unspecified atom stereocenters. The Morgan fingerprint density at radius 1 is 1.04 bits per heavy atom. The predicted octanol–water partition coefficient (Wildman–Crippen LogP) is 4.30. The number of cyclic esters (lactones) is 1. The van der Waals surface area contributed by atoms with Crippen molar-refractivity contribution < 1.29 is 14.3 Å². The lowest BCUT2D eigenvalue weighted by Crippen LogP contribution is -2.03. The van der Waals surface area contributed by atoms with Crippen molar-refractivity contribution in [1.29, 1.82) is 0 Å². The van der Waals surface area contributed by atoms with E-state index in [2.05, 4.69) is 24.3 Å². The highest BCUT2D eigenvalue weighted by atomic mass is 16.5. The zero-order valence-electron chi connectivity index (χ0n) is 12.8. The summed E-state index contributed by atoms with van der Waals surface area (Å²) >= 11 is 0. The first-order valence-electron chi connectivity index (χ1n) is 7.62. The summed E-state index contributed by atoms with van der Waals surface area (Å²) in [6.45, 7) is 0. The molecule has 3 heteroatoms. The molecule has 23 heavy (non-hydrogen) atoms. The lowest BCUT2D eigenvalue weighted by Gasteiger charge is -2.13. The molecule has 1 aliphatic rings. The number of hydrogen-bond acceptors (Lipinski definition) is 3. The highest BCUT2D eigenvalue weighted by Gasteiger charge is 2.31. The van der Waals surface area contributed by atoms with Crippen LogP contribution in [0.25, 0.3) is 10.8 Å². The first kappa shape index (κ1) is 13.8. The lowest BCUT2D eigenvalue weighted by molar-refractivity contribution is 0.0387. The SMILES string of the molecule is COc1ccc2c(c1)C(Cc1cccc3ccccc13)OC2=O. The largest absolute Gasteiger partial charge is 0.497 e. The van der Waals surface area contributed by atoms with Crippen molar-refractivity contribution >= 4 is 16.7 Å². The van der Waals surface area contributed by atoms with E-state index >= 15 is 0 Å². The van der Waals surface area contributed by atoms with E-state index in [9.17, 15) is 4.79 Å². The number of carbonyl (C=O) groups excluding carboxylic acids is 1. The van der Waals surface area contributed by atoms with Gasteiger partial charge in [0.2, 0.25) is 0 Å². The Kier molecular flexibility index (Phi) is 3.27. The highest BCUT2D eigenvalue weighted by Crippen LogP contribution is 2.36. The summed E-state index contributed by atoms with van der Waals surface area (Å²) in [4.78, 5) is 12.1. The van der Waals surface area contributed by atoms with E-state index in [-0.39, 0.29) is 12.1 Å². The molecule has 1 heterocycles. The van der Waals surface area contributed by atoms with E-state index < -0.39 is 0 Å². The fourth-order valence-corrected chi connectivity index (χ4v) is 3.20. The summed E-state index contributed by atoms with van der Waals surface area (Å²) in [6.07, 6.45) is 0.395. The summed E-state index contributed by atoms with van der Waals surface area (Å²) in [6, 6.07) is 20.0. The maximum atomic E-state index is 12.1. The summed E-state index contributed by atoms with van der Waals surface area (Å²) in [5.41, 5.74) is 2.72. The summed E-state index contributed by atoms with van der Waals surface area (Å²) in [5, 5.41) is 2.39. The summed E-state index contributed by atoms with van der Waals surface area (Å²) < 4.78 is 10.9. The van der Waals surface area contributed by atoms with Crippen molar-refractivity contribution in [2.24, 2.45) is 0 Å². The lowest BCUT2D eigenvalue weighted by atomic mass is 9.95. The van der Waals surface area contributed by atoms with Gasteiger partial charge in [0, 0.05) is 12.0 Å². The second kappa shape index (κ2) is 5.43. The van der Waals surface area contributed by atoms with Gasteiger partial charge in [-0.15, -0.1) is 0 Å². The number of rotatable bonds is 3. The van der Waals surface area contributed by atoms with Crippen LogP contribution >= 0.6 is 0 Å². The zero-order chi connectivity index (χ0) is 15.8. The van der Waals surface area contributed by atoms with E-state index in [1.165, 1.54) is 16.3 Å². The van der Waals surface area contributed by atoms with Crippen molar-refractivity contribution in [2.45, 2.75) is 12.5 Å². The number of hydrogen-bond donors (Lipinski definition) is 0. The molecule has 0 saturated carbocycles. The Bertz CT molecular complexity index is 893. The number of fused-ring (bicyclic) bond motifs is 2. The van der Waals surface area contributed by atoms with Crippen LogP contribution in [0.4, 0.5) is 0 Å². The van der Waals surface area contributed by atoms with Gasteiger partial charge < -0.3 is 9.47 Å². The van der Waals surface area contributed by atoms with Crippen LogP contribution < -0.4 is 4.74 Å². The molecule has 3 aromatic carbocycles. The third-order valence-electron chi connectivity index (χ3n) is 4.36. The summed E-state index contributed by atoms with van der Waals surface area (Å²) in [5.74, 6) is 0.484. The molecule has 0 saturated heterocycles. The fraction of sp³-hybridized carbons (Fsp3) is 0.150. The van der Waals surface area contributed by atoms with Gasteiger partial charge >= 0.3 is 5.97 Å². The Balaban J connectivity index is 1.74. The van der Waals surface area contributed by atoms with Crippen LogP contribution in [0.2, 0.25) is 0 Å². The van der Waals surface area contributed by atoms with Gasteiger partial charge in [0.15, 0.2) is 0 Å². The van der Waals surface area contributed by atoms with Crippen LogP contribution in [0, 0.1) is 0 Å². The summed E-state index contributed by atoms with van der Waals surface area (Å²) in [7, 11) is 1.62. The van der Waals surface area contributed by atoms with Gasteiger partial charge in [-0.3, -0.25) is 0 Å². The minimum absolute atomic E-state index is 0.257. The van der Waals surface area contributed by atoms with Crippen LogP contribution in [0.1, 0.15) is 27.6 Å².